The molecule has 2 aromatic rings. The number of benzene rings is 1. The SMILES string of the molecule is CNc1snc(C)c1C(=O)Nc1ccc(C(N)=O)cc1. The molecule has 0 aliphatic rings. The number of carbonyl (C=O) groups excluding carboxylic acids is 2. The van der Waals surface area contributed by atoms with Gasteiger partial charge in [0, 0.05) is 18.3 Å². The fraction of sp³-hybridized carbons (Fsp3) is 0.154. The van der Waals surface area contributed by atoms with Gasteiger partial charge in [-0.3, -0.25) is 9.59 Å². The van der Waals surface area contributed by atoms with Gasteiger partial charge in [-0.05, 0) is 42.7 Å². The Morgan fingerprint density at radius 1 is 1.25 bits per heavy atom. The number of anilines is 2. The lowest BCUT2D eigenvalue weighted by Gasteiger charge is -2.06. The highest BCUT2D eigenvalue weighted by molar-refractivity contribution is 7.10. The van der Waals surface area contributed by atoms with Crippen molar-refractivity contribution in [3.8, 4) is 0 Å². The molecule has 2 rings (SSSR count). The van der Waals surface area contributed by atoms with Gasteiger partial charge >= 0.3 is 0 Å². The summed E-state index contributed by atoms with van der Waals surface area (Å²) in [6.45, 7) is 1.78. The van der Waals surface area contributed by atoms with Crippen molar-refractivity contribution in [1.82, 2.24) is 4.37 Å². The zero-order valence-electron chi connectivity index (χ0n) is 11.1. The van der Waals surface area contributed by atoms with E-state index in [1.165, 1.54) is 11.5 Å². The smallest absolute Gasteiger partial charge is 0.260 e. The molecule has 0 saturated heterocycles. The summed E-state index contributed by atoms with van der Waals surface area (Å²) in [5.74, 6) is -0.745. The summed E-state index contributed by atoms with van der Waals surface area (Å²) in [7, 11) is 1.74. The molecule has 1 heterocycles. The molecule has 0 bridgehead atoms. The van der Waals surface area contributed by atoms with E-state index < -0.39 is 5.91 Å². The number of aromatic nitrogens is 1. The standard InChI is InChI=1S/C13H14N4O2S/c1-7-10(13(15-2)20-17-7)12(19)16-9-5-3-8(4-6-9)11(14)18/h3-6,15H,1-2H3,(H2,14,18)(H,16,19). The maximum atomic E-state index is 12.2. The summed E-state index contributed by atoms with van der Waals surface area (Å²) in [6, 6.07) is 6.39. The number of nitrogens with zero attached hydrogens (tertiary/aromatic N) is 1. The van der Waals surface area contributed by atoms with E-state index in [0.29, 0.717) is 27.5 Å². The maximum Gasteiger partial charge on any atom is 0.260 e. The van der Waals surface area contributed by atoms with E-state index in [1.54, 1.807) is 38.2 Å². The monoisotopic (exact) mass is 290 g/mol. The average Bonchev–Trinajstić information content (AvgIpc) is 2.80. The molecule has 0 radical (unpaired) electrons. The average molecular weight is 290 g/mol. The summed E-state index contributed by atoms with van der Waals surface area (Å²) in [6.07, 6.45) is 0. The van der Waals surface area contributed by atoms with Gasteiger partial charge in [-0.2, -0.15) is 4.37 Å². The summed E-state index contributed by atoms with van der Waals surface area (Å²) in [5.41, 5.74) is 7.34. The van der Waals surface area contributed by atoms with Crippen LogP contribution < -0.4 is 16.4 Å². The fourth-order valence-corrected chi connectivity index (χ4v) is 2.46. The lowest BCUT2D eigenvalue weighted by atomic mass is 10.2. The number of carbonyl (C=O) groups is 2. The van der Waals surface area contributed by atoms with E-state index in [1.807, 2.05) is 0 Å². The molecular formula is C13H14N4O2S. The Labute approximate surface area is 120 Å². The first kappa shape index (κ1) is 14.0. The Morgan fingerprint density at radius 3 is 2.45 bits per heavy atom. The minimum absolute atomic E-state index is 0.243. The van der Waals surface area contributed by atoms with E-state index in [4.69, 9.17) is 5.73 Å². The second kappa shape index (κ2) is 5.70. The molecule has 0 aliphatic carbocycles. The number of nitrogens with one attached hydrogen (secondary N) is 2. The van der Waals surface area contributed by atoms with Crippen LogP contribution in [0.15, 0.2) is 24.3 Å². The number of primary amides is 1. The third-order valence-electron chi connectivity index (χ3n) is 2.74. The third-order valence-corrected chi connectivity index (χ3v) is 3.70. The molecule has 20 heavy (non-hydrogen) atoms. The van der Waals surface area contributed by atoms with Crippen LogP contribution in [0.4, 0.5) is 10.7 Å². The molecular weight excluding hydrogens is 276 g/mol. The second-order valence-electron chi connectivity index (χ2n) is 4.12. The molecule has 7 heteroatoms. The molecule has 0 spiro atoms. The first-order chi connectivity index (χ1) is 9.52. The van der Waals surface area contributed by atoms with Crippen LogP contribution in [0.2, 0.25) is 0 Å². The molecule has 1 aromatic heterocycles. The maximum absolute atomic E-state index is 12.2. The van der Waals surface area contributed by atoms with Crippen LogP contribution in [0.25, 0.3) is 0 Å². The minimum atomic E-state index is -0.502. The molecule has 6 nitrogen and oxygen atoms in total. The molecule has 0 unspecified atom stereocenters. The van der Waals surface area contributed by atoms with Crippen molar-refractivity contribution in [2.75, 3.05) is 17.7 Å². The van der Waals surface area contributed by atoms with E-state index in [-0.39, 0.29) is 5.91 Å². The fourth-order valence-electron chi connectivity index (χ4n) is 1.72. The zero-order chi connectivity index (χ0) is 14.7. The van der Waals surface area contributed by atoms with Crippen LogP contribution in [0, 0.1) is 6.92 Å². The second-order valence-corrected chi connectivity index (χ2v) is 4.89. The molecule has 1 aromatic carbocycles. The largest absolute Gasteiger partial charge is 0.378 e. The minimum Gasteiger partial charge on any atom is -0.378 e. The van der Waals surface area contributed by atoms with Gasteiger partial charge < -0.3 is 16.4 Å². The van der Waals surface area contributed by atoms with Gasteiger partial charge in [0.25, 0.3) is 5.91 Å². The number of aryl methyl sites for hydroxylation is 1. The van der Waals surface area contributed by atoms with Gasteiger partial charge in [-0.25, -0.2) is 0 Å². The lowest BCUT2D eigenvalue weighted by molar-refractivity contribution is 0.0998. The normalized spacial score (nSPS) is 10.1. The molecule has 0 saturated carbocycles. The van der Waals surface area contributed by atoms with Gasteiger partial charge in [-0.15, -0.1) is 0 Å². The van der Waals surface area contributed by atoms with Crippen LogP contribution in [0.3, 0.4) is 0 Å². The van der Waals surface area contributed by atoms with Crippen molar-refractivity contribution in [3.63, 3.8) is 0 Å². The Balaban J connectivity index is 2.19. The van der Waals surface area contributed by atoms with Crippen LogP contribution in [0.5, 0.6) is 0 Å². The summed E-state index contributed by atoms with van der Waals surface area (Å²) in [5, 5.41) is 6.42. The van der Waals surface area contributed by atoms with E-state index in [0.717, 1.165) is 0 Å². The van der Waals surface area contributed by atoms with Gasteiger partial charge in [0.2, 0.25) is 5.91 Å². The molecule has 104 valence electrons. The molecule has 2 amide bonds. The number of hydrogen-bond donors (Lipinski definition) is 3. The quantitative estimate of drug-likeness (QED) is 0.800. The highest BCUT2D eigenvalue weighted by atomic mass is 32.1. The zero-order valence-corrected chi connectivity index (χ0v) is 11.9. The molecule has 0 fully saturated rings. The van der Waals surface area contributed by atoms with Crippen LogP contribution >= 0.6 is 11.5 Å². The van der Waals surface area contributed by atoms with Crippen LogP contribution in [0.1, 0.15) is 26.4 Å². The van der Waals surface area contributed by atoms with Gasteiger partial charge in [0.05, 0.1) is 11.3 Å². The van der Waals surface area contributed by atoms with Crippen molar-refractivity contribution < 1.29 is 9.59 Å². The first-order valence-electron chi connectivity index (χ1n) is 5.88. The summed E-state index contributed by atoms with van der Waals surface area (Å²) < 4.78 is 4.14. The predicted molar refractivity (Wildman–Crippen MR) is 79.3 cm³/mol. The van der Waals surface area contributed by atoms with Gasteiger partial charge in [0.1, 0.15) is 5.00 Å². The summed E-state index contributed by atoms with van der Waals surface area (Å²) >= 11 is 1.24. The number of hydrogen-bond acceptors (Lipinski definition) is 5. The van der Waals surface area contributed by atoms with Crippen LogP contribution in [-0.2, 0) is 0 Å². The Kier molecular flexibility index (Phi) is 3.99. The molecule has 0 atom stereocenters. The van der Waals surface area contributed by atoms with E-state index in [9.17, 15) is 9.59 Å². The summed E-state index contributed by atoms with van der Waals surface area (Å²) in [4.78, 5) is 23.2. The van der Waals surface area contributed by atoms with Gasteiger partial charge in [-0.1, -0.05) is 0 Å². The Hall–Kier alpha value is -2.41. The highest BCUT2D eigenvalue weighted by Gasteiger charge is 2.17. The van der Waals surface area contributed by atoms with E-state index in [2.05, 4.69) is 15.0 Å². The molecule has 4 N–H and O–H groups in total. The van der Waals surface area contributed by atoms with Crippen LogP contribution in [-0.4, -0.2) is 23.2 Å². The number of nitrogens with two attached hydrogens (primary N) is 1. The number of amides is 2. The lowest BCUT2D eigenvalue weighted by Crippen LogP contribution is -2.14. The van der Waals surface area contributed by atoms with Gasteiger partial charge in [0.15, 0.2) is 0 Å². The highest BCUT2D eigenvalue weighted by Crippen LogP contribution is 2.24. The Bertz CT molecular complexity index is 649. The van der Waals surface area contributed by atoms with Crippen molar-refractivity contribution in [2.45, 2.75) is 6.92 Å². The number of rotatable bonds is 4. The predicted octanol–water partition coefficient (Wildman–Crippen LogP) is 1.84. The first-order valence-corrected chi connectivity index (χ1v) is 6.65. The van der Waals surface area contributed by atoms with Crippen molar-refractivity contribution in [2.24, 2.45) is 5.73 Å². The Morgan fingerprint density at radius 2 is 1.90 bits per heavy atom. The third kappa shape index (κ3) is 2.77. The van der Waals surface area contributed by atoms with E-state index >= 15 is 0 Å². The van der Waals surface area contributed by atoms with Crippen molar-refractivity contribution in [3.05, 3.63) is 41.1 Å². The van der Waals surface area contributed by atoms with Crippen molar-refractivity contribution >= 4 is 34.0 Å². The molecule has 0 aliphatic heterocycles. The van der Waals surface area contributed by atoms with Crippen molar-refractivity contribution in [1.29, 1.82) is 0 Å². The topological polar surface area (TPSA) is 97.1 Å².